The molecular weight excluding hydrogens is 619 g/mol. The summed E-state index contributed by atoms with van der Waals surface area (Å²) in [4.78, 5) is 20.5. The molecule has 254 valence electrons. The van der Waals surface area contributed by atoms with Gasteiger partial charge in [-0.05, 0) is 50.0 Å². The van der Waals surface area contributed by atoms with E-state index in [1.807, 2.05) is 18.2 Å². The van der Waals surface area contributed by atoms with Crippen molar-refractivity contribution in [3.63, 3.8) is 0 Å². The average Bonchev–Trinajstić information content (AvgIpc) is 4.07. The van der Waals surface area contributed by atoms with Crippen LogP contribution in [-0.4, -0.2) is 90.1 Å². The Balaban J connectivity index is 1.16. The Morgan fingerprint density at radius 3 is 2.76 bits per heavy atom. The van der Waals surface area contributed by atoms with E-state index >= 15 is 4.39 Å². The quantitative estimate of drug-likeness (QED) is 0.246. The average molecular weight is 663 g/mol. The van der Waals surface area contributed by atoms with E-state index in [9.17, 15) is 0 Å². The Hall–Kier alpha value is -4.04. The number of fused-ring (bicyclic) bond motifs is 3. The summed E-state index contributed by atoms with van der Waals surface area (Å²) in [6.07, 6.45) is 12.2. The summed E-state index contributed by atoms with van der Waals surface area (Å²) in [5.74, 6) is 3.48. The van der Waals surface area contributed by atoms with Crippen molar-refractivity contribution in [3.8, 4) is 35.5 Å². The van der Waals surface area contributed by atoms with Gasteiger partial charge in [0.15, 0.2) is 0 Å². The number of terminal acetylenes is 1. The van der Waals surface area contributed by atoms with Crippen LogP contribution in [-0.2, 0) is 11.2 Å². The number of aryl methyl sites for hydroxylation is 1. The predicted octanol–water partition coefficient (Wildman–Crippen LogP) is 5.50. The van der Waals surface area contributed by atoms with Gasteiger partial charge >= 0.3 is 6.01 Å². The van der Waals surface area contributed by atoms with E-state index in [1.165, 1.54) is 18.9 Å². The first kappa shape index (κ1) is 31.0. The van der Waals surface area contributed by atoms with E-state index in [2.05, 4.69) is 34.9 Å². The fourth-order valence-corrected chi connectivity index (χ4v) is 8.25. The van der Waals surface area contributed by atoms with Gasteiger partial charge in [0.05, 0.1) is 41.6 Å². The Morgan fingerprint density at radius 2 is 1.98 bits per heavy atom. The second-order valence-corrected chi connectivity index (χ2v) is 14.8. The summed E-state index contributed by atoms with van der Waals surface area (Å²) in [5.41, 5.74) is 3.59. The molecule has 9 nitrogen and oxygen atoms in total. The third-order valence-corrected chi connectivity index (χ3v) is 11.5. The van der Waals surface area contributed by atoms with Gasteiger partial charge in [0.2, 0.25) is 5.88 Å². The zero-order valence-corrected chi connectivity index (χ0v) is 28.4. The lowest BCUT2D eigenvalue weighted by Gasteiger charge is -2.39. The maximum Gasteiger partial charge on any atom is 0.318 e. The van der Waals surface area contributed by atoms with Crippen LogP contribution in [0.5, 0.6) is 11.9 Å². The van der Waals surface area contributed by atoms with Gasteiger partial charge in [-0.2, -0.15) is 9.97 Å². The number of nitrogens with one attached hydrogen (secondary N) is 1. The summed E-state index contributed by atoms with van der Waals surface area (Å²) < 4.78 is 34.4. The number of rotatable bonds is 8. The molecule has 2 aliphatic carbocycles. The minimum atomic E-state index is -0.427. The summed E-state index contributed by atoms with van der Waals surface area (Å²) in [5, 5.41) is 6.01. The van der Waals surface area contributed by atoms with Gasteiger partial charge in [-0.15, -0.1) is 6.42 Å². The number of morpholine rings is 1. The summed E-state index contributed by atoms with van der Waals surface area (Å²) in [6, 6.07) is 9.86. The van der Waals surface area contributed by atoms with Crippen LogP contribution in [0.25, 0.3) is 32.9 Å². The third-order valence-electron chi connectivity index (χ3n) is 11.5. The minimum Gasteiger partial charge on any atom is -0.475 e. The first-order valence-electron chi connectivity index (χ1n) is 18.0. The summed E-state index contributed by atoms with van der Waals surface area (Å²) >= 11 is 0. The molecule has 0 unspecified atom stereocenters. The van der Waals surface area contributed by atoms with Crippen molar-refractivity contribution in [2.24, 2.45) is 5.41 Å². The molecule has 1 spiro atoms. The molecule has 4 aromatic rings. The molecule has 3 aliphatic heterocycles. The van der Waals surface area contributed by atoms with Crippen molar-refractivity contribution in [1.82, 2.24) is 25.2 Å². The molecule has 2 aromatic carbocycles. The molecule has 0 amide bonds. The monoisotopic (exact) mass is 662 g/mol. The van der Waals surface area contributed by atoms with Crippen LogP contribution >= 0.6 is 0 Å². The van der Waals surface area contributed by atoms with Gasteiger partial charge in [0.25, 0.3) is 0 Å². The largest absolute Gasteiger partial charge is 0.475 e. The maximum absolute atomic E-state index is 15.1. The third kappa shape index (κ3) is 5.38. The van der Waals surface area contributed by atoms with E-state index in [0.29, 0.717) is 48.6 Å². The lowest BCUT2D eigenvalue weighted by molar-refractivity contribution is -0.0532. The highest BCUT2D eigenvalue weighted by Crippen LogP contribution is 2.49. The molecular formula is C39H43FN6O3. The fourth-order valence-electron chi connectivity index (χ4n) is 8.25. The van der Waals surface area contributed by atoms with E-state index in [1.54, 1.807) is 6.07 Å². The lowest BCUT2D eigenvalue weighted by atomic mass is 9.93. The number of benzene rings is 2. The highest BCUT2D eigenvalue weighted by atomic mass is 19.1. The first-order chi connectivity index (χ1) is 23.9. The number of piperazine rings is 1. The highest BCUT2D eigenvalue weighted by molar-refractivity contribution is 6.05. The van der Waals surface area contributed by atoms with Crippen LogP contribution in [0, 0.1) is 23.6 Å². The summed E-state index contributed by atoms with van der Waals surface area (Å²) in [6.45, 7) is 10.7. The van der Waals surface area contributed by atoms with Crippen molar-refractivity contribution in [2.45, 2.75) is 70.1 Å². The standard InChI is InChI=1S/C39H43FN6O3/c1-4-25-19-46-26(18-41-25)20-47-36-32-34(28(6-3)33(42-36)29-9-7-8-24-10-11-30(40)27(5-2)31(24)29)43-37(44-35(32)46)48-23-38(12-13-38)21-45-16-17-49-39(22-45)14-15-39/h2,7-11,25-26,41H,4,6,12-23H2,1,3H3/t25-,26+/m1/s1. The van der Waals surface area contributed by atoms with Crippen LogP contribution in [0.2, 0.25) is 0 Å². The molecule has 9 rings (SSSR count). The number of hydrogen-bond donors (Lipinski definition) is 1. The molecule has 1 N–H and O–H groups in total. The van der Waals surface area contributed by atoms with Crippen molar-refractivity contribution in [2.75, 3.05) is 57.4 Å². The smallest absolute Gasteiger partial charge is 0.318 e. The van der Waals surface area contributed by atoms with Crippen molar-refractivity contribution in [1.29, 1.82) is 0 Å². The number of aromatic nitrogens is 3. The van der Waals surface area contributed by atoms with Crippen molar-refractivity contribution in [3.05, 3.63) is 47.3 Å². The summed E-state index contributed by atoms with van der Waals surface area (Å²) in [7, 11) is 0. The number of hydrogen-bond acceptors (Lipinski definition) is 9. The molecule has 4 fully saturated rings. The Kier molecular flexibility index (Phi) is 7.45. The second kappa shape index (κ2) is 11.8. The minimum absolute atomic E-state index is 0.0713. The molecule has 2 atom stereocenters. The van der Waals surface area contributed by atoms with Gasteiger partial charge in [-0.1, -0.05) is 44.0 Å². The Bertz CT molecular complexity index is 2000. The molecule has 2 aromatic heterocycles. The molecule has 10 heteroatoms. The number of anilines is 1. The molecule has 49 heavy (non-hydrogen) atoms. The van der Waals surface area contributed by atoms with Crippen LogP contribution in [0.15, 0.2) is 30.3 Å². The molecule has 0 bridgehead atoms. The molecule has 2 saturated carbocycles. The Labute approximate surface area is 286 Å². The van der Waals surface area contributed by atoms with E-state index in [0.717, 1.165) is 91.8 Å². The molecule has 2 saturated heterocycles. The van der Waals surface area contributed by atoms with Crippen LogP contribution in [0.1, 0.15) is 57.1 Å². The predicted molar refractivity (Wildman–Crippen MR) is 188 cm³/mol. The Morgan fingerprint density at radius 1 is 1.10 bits per heavy atom. The van der Waals surface area contributed by atoms with Gasteiger partial charge in [0, 0.05) is 60.7 Å². The number of halogens is 1. The van der Waals surface area contributed by atoms with Gasteiger partial charge in [-0.3, -0.25) is 4.90 Å². The van der Waals surface area contributed by atoms with Crippen LogP contribution < -0.4 is 19.7 Å². The first-order valence-corrected chi connectivity index (χ1v) is 18.0. The van der Waals surface area contributed by atoms with Gasteiger partial charge < -0.3 is 24.4 Å². The van der Waals surface area contributed by atoms with Crippen molar-refractivity contribution >= 4 is 27.5 Å². The van der Waals surface area contributed by atoms with Gasteiger partial charge in [0.1, 0.15) is 23.6 Å². The van der Waals surface area contributed by atoms with Crippen LogP contribution in [0.3, 0.4) is 0 Å². The number of nitrogens with zero attached hydrogens (tertiary/aromatic N) is 5. The van der Waals surface area contributed by atoms with Crippen molar-refractivity contribution < 1.29 is 18.6 Å². The fraction of sp³-hybridized carbons (Fsp3) is 0.513. The van der Waals surface area contributed by atoms with Crippen LogP contribution in [0.4, 0.5) is 10.2 Å². The van der Waals surface area contributed by atoms with E-state index in [-0.39, 0.29) is 22.6 Å². The molecule has 5 aliphatic rings. The van der Waals surface area contributed by atoms with E-state index < -0.39 is 5.82 Å². The number of pyridine rings is 1. The molecule has 0 radical (unpaired) electrons. The topological polar surface area (TPSA) is 84.9 Å². The normalized spacial score (nSPS) is 23.5. The zero-order chi connectivity index (χ0) is 33.3. The lowest BCUT2D eigenvalue weighted by Crippen LogP contribution is -2.58. The maximum atomic E-state index is 15.1. The molecule has 5 heterocycles. The van der Waals surface area contributed by atoms with E-state index in [4.69, 9.17) is 35.6 Å². The second-order valence-electron chi connectivity index (χ2n) is 14.8. The SMILES string of the molecule is C#Cc1c(F)ccc2cccc(-c3nc4c5c(nc(OCC6(CN7CCOC8(CC8)C7)CC6)nc5c3CC)N3C[C@@H](CC)NC[C@H]3CO4)c12. The zero-order valence-electron chi connectivity index (χ0n) is 28.4. The number of ether oxygens (including phenoxy) is 3. The highest BCUT2D eigenvalue weighted by Gasteiger charge is 2.51. The van der Waals surface area contributed by atoms with Gasteiger partial charge in [-0.25, -0.2) is 9.37 Å².